The minimum absolute atomic E-state index is 0.0278. The van der Waals surface area contributed by atoms with Crippen LogP contribution >= 0.6 is 0 Å². The maximum absolute atomic E-state index is 11.9. The van der Waals surface area contributed by atoms with Crippen molar-refractivity contribution in [2.45, 2.75) is 13.1 Å². The second kappa shape index (κ2) is 6.56. The van der Waals surface area contributed by atoms with Crippen molar-refractivity contribution in [3.8, 4) is 0 Å². The smallest absolute Gasteiger partial charge is 0.354 e. The van der Waals surface area contributed by atoms with Crippen LogP contribution in [0.15, 0.2) is 41.1 Å². The number of hydrogen-bond donors (Lipinski definition) is 2. The fraction of sp³-hybridized carbons (Fsp3) is 0.214. The molecule has 2 heterocycles. The summed E-state index contributed by atoms with van der Waals surface area (Å²) in [4.78, 5) is 27.8. The van der Waals surface area contributed by atoms with E-state index in [0.29, 0.717) is 12.3 Å². The second-order valence-electron chi connectivity index (χ2n) is 4.45. The molecule has 2 N–H and O–H groups in total. The standard InChI is InChI=1S/C14H15N3O4/c1-17(9-11-3-2-6-21-11)14(20)16-8-10-4-5-12(13(18)19)15-7-10/h2-7H,8-9H2,1H3,(H,16,20)(H,18,19). The Kier molecular flexibility index (Phi) is 4.55. The number of amides is 2. The van der Waals surface area contributed by atoms with Crippen LogP contribution in [0.5, 0.6) is 0 Å². The highest BCUT2D eigenvalue weighted by molar-refractivity contribution is 5.85. The second-order valence-corrected chi connectivity index (χ2v) is 4.45. The summed E-state index contributed by atoms with van der Waals surface area (Å²) in [5.41, 5.74) is 0.694. The number of rotatable bonds is 5. The summed E-state index contributed by atoms with van der Waals surface area (Å²) in [5, 5.41) is 11.5. The van der Waals surface area contributed by atoms with Crippen molar-refractivity contribution in [2.24, 2.45) is 0 Å². The number of aromatic carboxylic acids is 1. The van der Waals surface area contributed by atoms with Gasteiger partial charge in [0.15, 0.2) is 0 Å². The lowest BCUT2D eigenvalue weighted by molar-refractivity contribution is 0.0690. The van der Waals surface area contributed by atoms with Gasteiger partial charge in [-0.3, -0.25) is 0 Å². The van der Waals surface area contributed by atoms with Crippen molar-refractivity contribution in [3.63, 3.8) is 0 Å². The highest BCUT2D eigenvalue weighted by atomic mass is 16.4. The number of carboxylic acids is 1. The zero-order valence-corrected chi connectivity index (χ0v) is 11.4. The predicted octanol–water partition coefficient (Wildman–Crippen LogP) is 1.71. The van der Waals surface area contributed by atoms with Gasteiger partial charge in [-0.1, -0.05) is 6.07 Å². The largest absolute Gasteiger partial charge is 0.477 e. The van der Waals surface area contributed by atoms with E-state index < -0.39 is 5.97 Å². The van der Waals surface area contributed by atoms with Crippen LogP contribution in [0.25, 0.3) is 0 Å². The topological polar surface area (TPSA) is 95.7 Å². The van der Waals surface area contributed by atoms with Gasteiger partial charge in [0, 0.05) is 19.8 Å². The number of hydrogen-bond acceptors (Lipinski definition) is 4. The fourth-order valence-electron chi connectivity index (χ4n) is 1.68. The van der Waals surface area contributed by atoms with Gasteiger partial charge in [0.1, 0.15) is 11.5 Å². The number of carbonyl (C=O) groups excluding carboxylic acids is 1. The molecule has 0 fully saturated rings. The van der Waals surface area contributed by atoms with E-state index >= 15 is 0 Å². The maximum atomic E-state index is 11.9. The van der Waals surface area contributed by atoms with Crippen LogP contribution in [0, 0.1) is 0 Å². The van der Waals surface area contributed by atoms with Crippen LogP contribution in [-0.4, -0.2) is 34.0 Å². The molecular formula is C14H15N3O4. The van der Waals surface area contributed by atoms with Crippen LogP contribution in [0.1, 0.15) is 21.8 Å². The van der Waals surface area contributed by atoms with Crippen molar-refractivity contribution in [3.05, 3.63) is 53.7 Å². The molecule has 0 saturated heterocycles. The predicted molar refractivity (Wildman–Crippen MR) is 73.6 cm³/mol. The van der Waals surface area contributed by atoms with E-state index in [1.165, 1.54) is 17.2 Å². The fourth-order valence-corrected chi connectivity index (χ4v) is 1.68. The summed E-state index contributed by atoms with van der Waals surface area (Å²) >= 11 is 0. The van der Waals surface area contributed by atoms with Crippen LogP contribution in [0.2, 0.25) is 0 Å². The van der Waals surface area contributed by atoms with Gasteiger partial charge in [-0.2, -0.15) is 0 Å². The average Bonchev–Trinajstić information content (AvgIpc) is 2.98. The molecule has 0 aliphatic heterocycles. The van der Waals surface area contributed by atoms with Crippen molar-refractivity contribution < 1.29 is 19.1 Å². The number of aromatic nitrogens is 1. The normalized spacial score (nSPS) is 10.1. The number of urea groups is 1. The molecule has 0 aromatic carbocycles. The van der Waals surface area contributed by atoms with E-state index in [4.69, 9.17) is 9.52 Å². The Morgan fingerprint density at radius 2 is 2.19 bits per heavy atom. The van der Waals surface area contributed by atoms with Gasteiger partial charge in [-0.05, 0) is 23.8 Å². The first-order chi connectivity index (χ1) is 10.1. The Morgan fingerprint density at radius 3 is 2.76 bits per heavy atom. The van der Waals surface area contributed by atoms with Gasteiger partial charge in [0.2, 0.25) is 0 Å². The summed E-state index contributed by atoms with van der Waals surface area (Å²) in [5.74, 6) is -0.385. The average molecular weight is 289 g/mol. The van der Waals surface area contributed by atoms with Crippen LogP contribution in [0.3, 0.4) is 0 Å². The van der Waals surface area contributed by atoms with E-state index in [-0.39, 0.29) is 18.3 Å². The summed E-state index contributed by atoms with van der Waals surface area (Å²) in [6.07, 6.45) is 2.98. The first-order valence-electron chi connectivity index (χ1n) is 6.26. The van der Waals surface area contributed by atoms with Gasteiger partial charge < -0.3 is 19.7 Å². The molecule has 7 nitrogen and oxygen atoms in total. The van der Waals surface area contributed by atoms with E-state index in [2.05, 4.69) is 10.3 Å². The minimum Gasteiger partial charge on any atom is -0.477 e. The van der Waals surface area contributed by atoms with Gasteiger partial charge in [-0.15, -0.1) is 0 Å². The highest BCUT2D eigenvalue weighted by Gasteiger charge is 2.10. The van der Waals surface area contributed by atoms with Gasteiger partial charge >= 0.3 is 12.0 Å². The van der Waals surface area contributed by atoms with Gasteiger partial charge in [0.25, 0.3) is 0 Å². The molecule has 21 heavy (non-hydrogen) atoms. The number of carboxylic acid groups (broad SMARTS) is 1. The van der Waals surface area contributed by atoms with Crippen molar-refractivity contribution in [2.75, 3.05) is 7.05 Å². The molecule has 2 rings (SSSR count). The SMILES string of the molecule is CN(Cc1ccco1)C(=O)NCc1ccc(C(=O)O)nc1. The van der Waals surface area contributed by atoms with Crippen LogP contribution in [-0.2, 0) is 13.1 Å². The van der Waals surface area contributed by atoms with Crippen molar-refractivity contribution in [1.82, 2.24) is 15.2 Å². The number of nitrogens with one attached hydrogen (secondary N) is 1. The molecule has 0 atom stereocenters. The first-order valence-corrected chi connectivity index (χ1v) is 6.26. The maximum Gasteiger partial charge on any atom is 0.354 e. The van der Waals surface area contributed by atoms with Crippen LogP contribution < -0.4 is 5.32 Å². The van der Waals surface area contributed by atoms with E-state index in [9.17, 15) is 9.59 Å². The van der Waals surface area contributed by atoms with Gasteiger partial charge in [0.05, 0.1) is 12.8 Å². The molecule has 7 heteroatoms. The number of carbonyl (C=O) groups is 2. The van der Waals surface area contributed by atoms with Crippen molar-refractivity contribution in [1.29, 1.82) is 0 Å². The zero-order chi connectivity index (χ0) is 15.2. The molecule has 0 aliphatic rings. The number of nitrogens with zero attached hydrogens (tertiary/aromatic N) is 2. The third kappa shape index (κ3) is 4.07. The summed E-state index contributed by atoms with van der Waals surface area (Å²) in [6.45, 7) is 0.642. The Bertz CT molecular complexity index is 608. The minimum atomic E-state index is -1.08. The van der Waals surface area contributed by atoms with Crippen molar-refractivity contribution >= 4 is 12.0 Å². The quantitative estimate of drug-likeness (QED) is 0.873. The molecular weight excluding hydrogens is 274 g/mol. The molecule has 2 aromatic heterocycles. The molecule has 2 amide bonds. The summed E-state index contributed by atoms with van der Waals surface area (Å²) in [7, 11) is 1.66. The highest BCUT2D eigenvalue weighted by Crippen LogP contribution is 2.04. The lowest BCUT2D eigenvalue weighted by Gasteiger charge is -2.16. The Morgan fingerprint density at radius 1 is 1.38 bits per heavy atom. The Labute approximate surface area is 121 Å². The molecule has 110 valence electrons. The molecule has 0 spiro atoms. The molecule has 2 aromatic rings. The number of pyridine rings is 1. The Hall–Kier alpha value is -2.83. The lowest BCUT2D eigenvalue weighted by atomic mass is 10.2. The molecule has 0 aliphatic carbocycles. The monoisotopic (exact) mass is 289 g/mol. The van der Waals surface area contributed by atoms with E-state index in [1.54, 1.807) is 31.5 Å². The lowest BCUT2D eigenvalue weighted by Crippen LogP contribution is -2.36. The van der Waals surface area contributed by atoms with E-state index in [1.807, 2.05) is 0 Å². The first kappa shape index (κ1) is 14.6. The van der Waals surface area contributed by atoms with Crippen LogP contribution in [0.4, 0.5) is 4.79 Å². The van der Waals surface area contributed by atoms with E-state index in [0.717, 1.165) is 5.56 Å². The molecule has 0 bridgehead atoms. The molecule has 0 unspecified atom stereocenters. The third-order valence-electron chi connectivity index (χ3n) is 2.81. The molecule has 0 radical (unpaired) electrons. The van der Waals surface area contributed by atoms with Gasteiger partial charge in [-0.25, -0.2) is 14.6 Å². The number of furan rings is 1. The Balaban J connectivity index is 1.84. The molecule has 0 saturated carbocycles. The zero-order valence-electron chi connectivity index (χ0n) is 11.4. The summed E-state index contributed by atoms with van der Waals surface area (Å²) < 4.78 is 5.17. The third-order valence-corrected chi connectivity index (χ3v) is 2.81. The summed E-state index contributed by atoms with van der Waals surface area (Å²) in [6, 6.07) is 6.31.